The minimum Gasteiger partial charge on any atom is -0.465 e. The van der Waals surface area contributed by atoms with Crippen LogP contribution in [0, 0.1) is 6.92 Å². The summed E-state index contributed by atoms with van der Waals surface area (Å²) in [6, 6.07) is 16.7. The number of esters is 1. The molecule has 3 aromatic rings. The molecule has 1 amide bonds. The van der Waals surface area contributed by atoms with E-state index in [0.717, 1.165) is 21.1 Å². The lowest BCUT2D eigenvalue weighted by molar-refractivity contribution is 0.0596. The van der Waals surface area contributed by atoms with Crippen molar-refractivity contribution in [2.75, 3.05) is 13.7 Å². The van der Waals surface area contributed by atoms with Gasteiger partial charge in [-0.3, -0.25) is 4.79 Å². The molecule has 0 saturated carbocycles. The third-order valence-corrected chi connectivity index (χ3v) is 5.39. The van der Waals surface area contributed by atoms with Crippen molar-refractivity contribution >= 4 is 23.2 Å². The zero-order valence-corrected chi connectivity index (χ0v) is 16.0. The highest BCUT2D eigenvalue weighted by Crippen LogP contribution is 2.27. The fourth-order valence-corrected chi connectivity index (χ4v) is 3.79. The highest BCUT2D eigenvalue weighted by molar-refractivity contribution is 7.15. The molecule has 3 rings (SSSR count). The predicted octanol–water partition coefficient (Wildman–Crippen LogP) is 3.88. The predicted molar refractivity (Wildman–Crippen MR) is 106 cm³/mol. The molecule has 0 radical (unpaired) electrons. The molecule has 1 N–H and O–H groups in total. The lowest BCUT2D eigenvalue weighted by Crippen LogP contribution is -2.27. The van der Waals surface area contributed by atoms with E-state index in [2.05, 4.69) is 10.3 Å². The van der Waals surface area contributed by atoms with Gasteiger partial charge in [0, 0.05) is 23.4 Å². The van der Waals surface area contributed by atoms with E-state index in [0.29, 0.717) is 18.5 Å². The Bertz CT molecular complexity index is 951. The van der Waals surface area contributed by atoms with Gasteiger partial charge < -0.3 is 10.1 Å². The monoisotopic (exact) mass is 380 g/mol. The van der Waals surface area contributed by atoms with E-state index >= 15 is 0 Å². The number of aromatic nitrogens is 1. The number of nitrogens with one attached hydrogen (secondary N) is 1. The first kappa shape index (κ1) is 18.8. The Morgan fingerprint density at radius 2 is 1.70 bits per heavy atom. The number of hydrogen-bond donors (Lipinski definition) is 1. The third kappa shape index (κ3) is 4.41. The summed E-state index contributed by atoms with van der Waals surface area (Å²) >= 11 is 1.64. The van der Waals surface area contributed by atoms with Crippen LogP contribution in [0.15, 0.2) is 54.6 Å². The maximum atomic E-state index is 12.5. The number of rotatable bonds is 6. The van der Waals surface area contributed by atoms with Gasteiger partial charge in [0.05, 0.1) is 23.9 Å². The van der Waals surface area contributed by atoms with Crippen molar-refractivity contribution in [1.29, 1.82) is 0 Å². The first-order valence-corrected chi connectivity index (χ1v) is 9.39. The minimum atomic E-state index is -0.522. The number of nitrogens with zero attached hydrogens (tertiary/aromatic N) is 1. The van der Waals surface area contributed by atoms with Gasteiger partial charge in [0.2, 0.25) is 0 Å². The maximum Gasteiger partial charge on any atom is 0.338 e. The fraction of sp³-hybridized carbons (Fsp3) is 0.190. The van der Waals surface area contributed by atoms with E-state index in [1.54, 1.807) is 35.6 Å². The van der Waals surface area contributed by atoms with Crippen molar-refractivity contribution in [2.45, 2.75) is 13.3 Å². The van der Waals surface area contributed by atoms with E-state index in [4.69, 9.17) is 4.74 Å². The van der Waals surface area contributed by atoms with Crippen LogP contribution in [0.4, 0.5) is 0 Å². The molecule has 27 heavy (non-hydrogen) atoms. The summed E-state index contributed by atoms with van der Waals surface area (Å²) in [5.41, 5.74) is 2.64. The van der Waals surface area contributed by atoms with Gasteiger partial charge in [-0.2, -0.15) is 0 Å². The number of carbonyl (C=O) groups is 2. The molecule has 0 bridgehead atoms. The quantitative estimate of drug-likeness (QED) is 0.659. The van der Waals surface area contributed by atoms with Crippen LogP contribution in [-0.4, -0.2) is 30.5 Å². The molecule has 0 fully saturated rings. The average Bonchev–Trinajstić information content (AvgIpc) is 3.08. The van der Waals surface area contributed by atoms with Crippen LogP contribution in [0.3, 0.4) is 0 Å². The number of benzene rings is 2. The number of amides is 1. The van der Waals surface area contributed by atoms with Crippen LogP contribution in [0.25, 0.3) is 10.6 Å². The van der Waals surface area contributed by atoms with Gasteiger partial charge in [-0.15, -0.1) is 11.3 Å². The highest BCUT2D eigenvalue weighted by Gasteiger charge is 2.17. The molecule has 6 heteroatoms. The molecule has 0 atom stereocenters. The summed E-state index contributed by atoms with van der Waals surface area (Å²) < 4.78 is 4.74. The second kappa shape index (κ2) is 8.60. The topological polar surface area (TPSA) is 68.3 Å². The fourth-order valence-electron chi connectivity index (χ4n) is 2.72. The Morgan fingerprint density at radius 1 is 1.04 bits per heavy atom. The molecule has 0 unspecified atom stereocenters. The molecular weight excluding hydrogens is 360 g/mol. The van der Waals surface area contributed by atoms with Gasteiger partial charge in [0.25, 0.3) is 5.91 Å². The van der Waals surface area contributed by atoms with Gasteiger partial charge in [-0.1, -0.05) is 42.5 Å². The molecule has 138 valence electrons. The van der Waals surface area contributed by atoms with Crippen molar-refractivity contribution in [2.24, 2.45) is 0 Å². The van der Waals surface area contributed by atoms with Crippen LogP contribution < -0.4 is 5.32 Å². The Morgan fingerprint density at radius 3 is 2.41 bits per heavy atom. The largest absolute Gasteiger partial charge is 0.465 e. The van der Waals surface area contributed by atoms with Crippen LogP contribution in [-0.2, 0) is 11.2 Å². The van der Waals surface area contributed by atoms with Crippen LogP contribution >= 0.6 is 11.3 Å². The molecule has 0 aliphatic heterocycles. The molecule has 2 aromatic carbocycles. The summed E-state index contributed by atoms with van der Waals surface area (Å²) in [5, 5.41) is 3.85. The Labute approximate surface area is 162 Å². The number of ether oxygens (including phenoxy) is 1. The number of hydrogen-bond acceptors (Lipinski definition) is 5. The summed E-state index contributed by atoms with van der Waals surface area (Å²) in [7, 11) is 1.30. The van der Waals surface area contributed by atoms with Crippen molar-refractivity contribution in [3.63, 3.8) is 0 Å². The van der Waals surface area contributed by atoms with Crippen molar-refractivity contribution in [3.05, 3.63) is 76.3 Å². The summed E-state index contributed by atoms with van der Waals surface area (Å²) in [6.07, 6.45) is 0.683. The second-order valence-corrected chi connectivity index (χ2v) is 7.02. The zero-order valence-electron chi connectivity index (χ0n) is 15.2. The van der Waals surface area contributed by atoms with Crippen molar-refractivity contribution in [3.8, 4) is 10.6 Å². The minimum absolute atomic E-state index is 0.262. The first-order chi connectivity index (χ1) is 13.1. The maximum absolute atomic E-state index is 12.5. The zero-order chi connectivity index (χ0) is 19.2. The Kier molecular flexibility index (Phi) is 5.98. The van der Waals surface area contributed by atoms with Crippen LogP contribution in [0.5, 0.6) is 0 Å². The number of methoxy groups -OCH3 is 1. The van der Waals surface area contributed by atoms with Gasteiger partial charge in [-0.05, 0) is 19.1 Å². The van der Waals surface area contributed by atoms with E-state index < -0.39 is 5.97 Å². The van der Waals surface area contributed by atoms with Crippen molar-refractivity contribution in [1.82, 2.24) is 10.3 Å². The molecule has 0 spiro atoms. The van der Waals surface area contributed by atoms with Crippen LogP contribution in [0.2, 0.25) is 0 Å². The summed E-state index contributed by atoms with van der Waals surface area (Å²) in [4.78, 5) is 30.0. The standard InChI is InChI=1S/C21H20N2O3S/c1-14-18(27-20(23-14)15-8-4-3-5-9-15)12-13-22-19(24)16-10-6-7-11-17(16)21(25)26-2/h3-11H,12-13H2,1-2H3,(H,22,24). The molecule has 0 saturated heterocycles. The molecule has 0 aliphatic carbocycles. The lowest BCUT2D eigenvalue weighted by atomic mass is 10.1. The van der Waals surface area contributed by atoms with Gasteiger partial charge in [-0.25, -0.2) is 9.78 Å². The number of carbonyl (C=O) groups excluding carboxylic acids is 2. The lowest BCUT2D eigenvalue weighted by Gasteiger charge is -2.08. The average molecular weight is 380 g/mol. The van der Waals surface area contributed by atoms with Gasteiger partial charge in [0.1, 0.15) is 5.01 Å². The third-order valence-electron chi connectivity index (χ3n) is 4.13. The Hall–Kier alpha value is -2.99. The molecule has 1 heterocycles. The smallest absolute Gasteiger partial charge is 0.338 e. The second-order valence-electron chi connectivity index (χ2n) is 5.94. The summed E-state index contributed by atoms with van der Waals surface area (Å²) in [5.74, 6) is -0.812. The van der Waals surface area contributed by atoms with E-state index in [1.807, 2.05) is 37.3 Å². The molecule has 1 aromatic heterocycles. The highest BCUT2D eigenvalue weighted by atomic mass is 32.1. The molecule has 5 nitrogen and oxygen atoms in total. The van der Waals surface area contributed by atoms with Gasteiger partial charge in [0.15, 0.2) is 0 Å². The van der Waals surface area contributed by atoms with Crippen molar-refractivity contribution < 1.29 is 14.3 Å². The van der Waals surface area contributed by atoms with Gasteiger partial charge >= 0.3 is 5.97 Å². The SMILES string of the molecule is COC(=O)c1ccccc1C(=O)NCCc1sc(-c2ccccc2)nc1C. The van der Waals surface area contributed by atoms with E-state index in [1.165, 1.54) is 7.11 Å². The number of thiazole rings is 1. The first-order valence-electron chi connectivity index (χ1n) is 8.57. The Balaban J connectivity index is 1.65. The van der Waals surface area contributed by atoms with E-state index in [-0.39, 0.29) is 11.5 Å². The van der Waals surface area contributed by atoms with Crippen LogP contribution in [0.1, 0.15) is 31.3 Å². The summed E-state index contributed by atoms with van der Waals surface area (Å²) in [6.45, 7) is 2.44. The number of aryl methyl sites for hydroxylation is 1. The molecular formula is C21H20N2O3S. The van der Waals surface area contributed by atoms with E-state index in [9.17, 15) is 9.59 Å². The molecule has 0 aliphatic rings. The normalized spacial score (nSPS) is 10.4.